The predicted octanol–water partition coefficient (Wildman–Crippen LogP) is 4.94. The monoisotopic (exact) mass is 443 g/mol. The first kappa shape index (κ1) is 21.2. The third kappa shape index (κ3) is 8.41. The van der Waals surface area contributed by atoms with E-state index in [-0.39, 0.29) is 12.4 Å². The van der Waals surface area contributed by atoms with Crippen LogP contribution in [0.3, 0.4) is 0 Å². The van der Waals surface area contributed by atoms with Gasteiger partial charge in [0.2, 0.25) is 0 Å². The van der Waals surface area contributed by atoms with E-state index in [0.717, 1.165) is 46.4 Å². The van der Waals surface area contributed by atoms with Crippen molar-refractivity contribution in [3.8, 4) is 5.75 Å². The molecule has 3 nitrogen and oxygen atoms in total. The zero-order chi connectivity index (χ0) is 15.0. The highest BCUT2D eigenvalue weighted by Gasteiger charge is 2.09. The first-order valence-electron chi connectivity index (χ1n) is 6.97. The van der Waals surface area contributed by atoms with E-state index in [4.69, 9.17) is 9.47 Å². The molecule has 0 heterocycles. The van der Waals surface area contributed by atoms with Gasteiger partial charge < -0.3 is 14.8 Å². The molecule has 21 heavy (non-hydrogen) atoms. The van der Waals surface area contributed by atoms with Gasteiger partial charge in [-0.05, 0) is 61.8 Å². The van der Waals surface area contributed by atoms with E-state index >= 15 is 0 Å². The van der Waals surface area contributed by atoms with Gasteiger partial charge in [-0.3, -0.25) is 0 Å². The number of hydrogen-bond acceptors (Lipinski definition) is 3. The zero-order valence-corrected chi connectivity index (χ0v) is 16.7. The van der Waals surface area contributed by atoms with Gasteiger partial charge in [0.1, 0.15) is 5.75 Å². The molecule has 0 aromatic heterocycles. The minimum absolute atomic E-state index is 0. The Morgan fingerprint density at radius 2 is 1.95 bits per heavy atom. The van der Waals surface area contributed by atoms with Crippen LogP contribution in [0.4, 0.5) is 0 Å². The second-order valence-corrected chi connectivity index (χ2v) is 6.53. The minimum Gasteiger partial charge on any atom is -0.492 e. The molecule has 1 aromatic rings. The van der Waals surface area contributed by atoms with Gasteiger partial charge in [-0.1, -0.05) is 15.9 Å². The molecule has 1 rings (SSSR count). The van der Waals surface area contributed by atoms with Crippen molar-refractivity contribution in [2.24, 2.45) is 0 Å². The van der Waals surface area contributed by atoms with E-state index in [0.29, 0.717) is 12.7 Å². The Morgan fingerprint density at radius 3 is 2.57 bits per heavy atom. The van der Waals surface area contributed by atoms with Crippen molar-refractivity contribution in [3.05, 3.63) is 26.6 Å². The molecule has 0 aliphatic rings. The molecule has 0 saturated heterocycles. The fourth-order valence-electron chi connectivity index (χ4n) is 1.79. The molecule has 6 heteroatoms. The topological polar surface area (TPSA) is 30.5 Å². The van der Waals surface area contributed by atoms with E-state index < -0.39 is 0 Å². The Bertz CT molecular complexity index is 417. The van der Waals surface area contributed by atoms with Crippen molar-refractivity contribution >= 4 is 44.3 Å². The van der Waals surface area contributed by atoms with Crippen molar-refractivity contribution in [3.63, 3.8) is 0 Å². The fourth-order valence-corrected chi connectivity index (χ4v) is 3.22. The van der Waals surface area contributed by atoms with Gasteiger partial charge >= 0.3 is 0 Å². The van der Waals surface area contributed by atoms with Crippen LogP contribution in [-0.4, -0.2) is 25.9 Å². The van der Waals surface area contributed by atoms with Crippen LogP contribution in [0, 0.1) is 0 Å². The van der Waals surface area contributed by atoms with Crippen LogP contribution >= 0.6 is 44.3 Å². The number of halogens is 3. The van der Waals surface area contributed by atoms with Crippen molar-refractivity contribution in [2.75, 3.05) is 19.8 Å². The van der Waals surface area contributed by atoms with Gasteiger partial charge in [0.25, 0.3) is 0 Å². The molecule has 0 aliphatic heterocycles. The second-order valence-electron chi connectivity index (χ2n) is 4.76. The maximum Gasteiger partial charge on any atom is 0.138 e. The lowest BCUT2D eigenvalue weighted by Gasteiger charge is -2.14. The minimum atomic E-state index is 0. The average Bonchev–Trinajstić information content (AvgIpc) is 2.37. The van der Waals surface area contributed by atoms with Gasteiger partial charge in [-0.25, -0.2) is 0 Å². The molecule has 0 radical (unpaired) electrons. The molecule has 0 spiro atoms. The Kier molecular flexibility index (Phi) is 11.8. The van der Waals surface area contributed by atoms with Crippen molar-refractivity contribution < 1.29 is 9.47 Å². The van der Waals surface area contributed by atoms with Crippen LogP contribution in [0.25, 0.3) is 0 Å². The number of rotatable bonds is 9. The van der Waals surface area contributed by atoms with E-state index in [9.17, 15) is 0 Å². The number of hydrogen-bond donors (Lipinski definition) is 1. The third-order valence-corrected chi connectivity index (χ3v) is 3.69. The summed E-state index contributed by atoms with van der Waals surface area (Å²) in [5.74, 6) is 0.918. The van der Waals surface area contributed by atoms with E-state index in [1.54, 1.807) is 0 Å². The summed E-state index contributed by atoms with van der Waals surface area (Å²) in [7, 11) is 0. The predicted molar refractivity (Wildman–Crippen MR) is 97.7 cm³/mol. The smallest absolute Gasteiger partial charge is 0.138 e. The largest absolute Gasteiger partial charge is 0.492 e. The maximum atomic E-state index is 5.70. The fraction of sp³-hybridized carbons (Fsp3) is 0.600. The lowest BCUT2D eigenvalue weighted by Crippen LogP contribution is -2.18. The van der Waals surface area contributed by atoms with Crippen LogP contribution in [0.15, 0.2) is 21.1 Å². The molecule has 0 bridgehead atoms. The van der Waals surface area contributed by atoms with Crippen LogP contribution in [-0.2, 0) is 11.3 Å². The lowest BCUT2D eigenvalue weighted by molar-refractivity contribution is 0.0770. The Balaban J connectivity index is 0.00000400. The molecule has 1 N–H and O–H groups in total. The van der Waals surface area contributed by atoms with Gasteiger partial charge in [0, 0.05) is 23.2 Å². The Labute approximate surface area is 150 Å². The summed E-state index contributed by atoms with van der Waals surface area (Å²) in [4.78, 5) is 0. The molecular formula is C15H24Br2ClNO2. The summed E-state index contributed by atoms with van der Waals surface area (Å²) in [6.45, 7) is 9.29. The molecule has 0 saturated carbocycles. The third-order valence-electron chi connectivity index (χ3n) is 2.64. The van der Waals surface area contributed by atoms with Crippen LogP contribution in [0.1, 0.15) is 32.8 Å². The normalized spacial score (nSPS) is 10.6. The molecule has 0 fully saturated rings. The summed E-state index contributed by atoms with van der Waals surface area (Å²) < 4.78 is 13.2. The highest BCUT2D eigenvalue weighted by molar-refractivity contribution is 9.11. The van der Waals surface area contributed by atoms with E-state index in [1.165, 1.54) is 0 Å². The molecule has 0 atom stereocenters. The molecule has 0 aliphatic carbocycles. The van der Waals surface area contributed by atoms with Crippen LogP contribution < -0.4 is 10.1 Å². The molecule has 1 aromatic carbocycles. The highest BCUT2D eigenvalue weighted by Crippen LogP contribution is 2.32. The number of nitrogens with one attached hydrogen (secondary N) is 1. The summed E-state index contributed by atoms with van der Waals surface area (Å²) in [5, 5.41) is 3.43. The van der Waals surface area contributed by atoms with Crippen molar-refractivity contribution in [1.29, 1.82) is 0 Å². The van der Waals surface area contributed by atoms with Gasteiger partial charge in [0.05, 0.1) is 17.2 Å². The molecule has 0 amide bonds. The molecule has 122 valence electrons. The Morgan fingerprint density at radius 1 is 1.24 bits per heavy atom. The first-order chi connectivity index (χ1) is 9.54. The zero-order valence-electron chi connectivity index (χ0n) is 12.7. The quantitative estimate of drug-likeness (QED) is 0.547. The summed E-state index contributed by atoms with van der Waals surface area (Å²) in [5.41, 5.74) is 1.15. The van der Waals surface area contributed by atoms with Gasteiger partial charge in [-0.2, -0.15) is 0 Å². The Hall–Kier alpha value is 0.190. The first-order valence-corrected chi connectivity index (χ1v) is 8.56. The van der Waals surface area contributed by atoms with E-state index in [1.807, 2.05) is 13.0 Å². The summed E-state index contributed by atoms with van der Waals surface area (Å²) >= 11 is 7.06. The standard InChI is InChI=1S/C15H23Br2NO2.ClH/c1-4-19-15-12(8-13(16)9-14(15)17)10-18-6-5-7-20-11(2)3;/h8-9,11,18H,4-7,10H2,1-3H3;1H. The summed E-state index contributed by atoms with van der Waals surface area (Å²) in [6, 6.07) is 4.10. The van der Waals surface area contributed by atoms with Crippen molar-refractivity contribution in [1.82, 2.24) is 5.32 Å². The molecular weight excluding hydrogens is 421 g/mol. The van der Waals surface area contributed by atoms with E-state index in [2.05, 4.69) is 57.1 Å². The summed E-state index contributed by atoms with van der Waals surface area (Å²) in [6.07, 6.45) is 1.32. The van der Waals surface area contributed by atoms with Crippen LogP contribution in [0.2, 0.25) is 0 Å². The number of ether oxygens (including phenoxy) is 2. The second kappa shape index (κ2) is 11.7. The van der Waals surface area contributed by atoms with Crippen LogP contribution in [0.5, 0.6) is 5.75 Å². The van der Waals surface area contributed by atoms with Gasteiger partial charge in [0.15, 0.2) is 0 Å². The average molecular weight is 446 g/mol. The lowest BCUT2D eigenvalue weighted by atomic mass is 10.2. The molecule has 0 unspecified atom stereocenters. The number of benzene rings is 1. The maximum absolute atomic E-state index is 5.70. The SMILES string of the molecule is CCOc1c(Br)cc(Br)cc1CNCCCOC(C)C.Cl. The van der Waals surface area contributed by atoms with Crippen molar-refractivity contribution in [2.45, 2.75) is 39.8 Å². The highest BCUT2D eigenvalue weighted by atomic mass is 79.9. The van der Waals surface area contributed by atoms with Gasteiger partial charge in [-0.15, -0.1) is 12.4 Å².